The van der Waals surface area contributed by atoms with E-state index in [2.05, 4.69) is 10.3 Å². The van der Waals surface area contributed by atoms with E-state index in [1.807, 2.05) is 26.0 Å². The summed E-state index contributed by atoms with van der Waals surface area (Å²) in [5.41, 5.74) is 0.873. The summed E-state index contributed by atoms with van der Waals surface area (Å²) in [5.74, 6) is 0.792. The first-order valence-corrected chi connectivity index (χ1v) is 6.62. The standard InChI is InChI=1S/C14H19N3O2/c1-3-15-12-5-4-11(8-16-12)9-17-13(18)6-10(2)7-14(17)19/h4-5,8,10H,3,6-7,9H2,1-2H3,(H,15,16). The summed E-state index contributed by atoms with van der Waals surface area (Å²) in [6.07, 6.45) is 2.61. The van der Waals surface area contributed by atoms with Gasteiger partial charge in [0.05, 0.1) is 6.54 Å². The van der Waals surface area contributed by atoms with Crippen molar-refractivity contribution in [1.29, 1.82) is 0 Å². The van der Waals surface area contributed by atoms with Gasteiger partial charge in [-0.05, 0) is 24.5 Å². The third kappa shape index (κ3) is 3.30. The minimum Gasteiger partial charge on any atom is -0.370 e. The summed E-state index contributed by atoms with van der Waals surface area (Å²) in [4.78, 5) is 29.3. The fourth-order valence-corrected chi connectivity index (χ4v) is 2.19. The SMILES string of the molecule is CCNc1ccc(CN2C(=O)CC(C)CC2=O)cn1. The number of piperidine rings is 1. The lowest BCUT2D eigenvalue weighted by molar-refractivity contribution is -0.150. The Hall–Kier alpha value is -1.91. The number of hydrogen-bond donors (Lipinski definition) is 1. The minimum absolute atomic E-state index is 0.0838. The van der Waals surface area contributed by atoms with Crippen LogP contribution in [-0.4, -0.2) is 28.2 Å². The van der Waals surface area contributed by atoms with Crippen LogP contribution in [0.3, 0.4) is 0 Å². The molecule has 0 bridgehead atoms. The largest absolute Gasteiger partial charge is 0.370 e. The molecule has 1 fully saturated rings. The third-order valence-electron chi connectivity index (χ3n) is 3.17. The van der Waals surface area contributed by atoms with Crippen LogP contribution in [0.5, 0.6) is 0 Å². The zero-order chi connectivity index (χ0) is 13.8. The van der Waals surface area contributed by atoms with Crippen LogP contribution in [0, 0.1) is 5.92 Å². The number of amides is 2. The van der Waals surface area contributed by atoms with Crippen LogP contribution in [-0.2, 0) is 16.1 Å². The van der Waals surface area contributed by atoms with Gasteiger partial charge in [-0.25, -0.2) is 4.98 Å². The fourth-order valence-electron chi connectivity index (χ4n) is 2.19. The maximum Gasteiger partial charge on any atom is 0.229 e. The average molecular weight is 261 g/mol. The lowest BCUT2D eigenvalue weighted by Gasteiger charge is -2.28. The summed E-state index contributed by atoms with van der Waals surface area (Å²) < 4.78 is 0. The molecular formula is C14H19N3O2. The molecule has 1 aliphatic rings. The molecule has 1 saturated heterocycles. The van der Waals surface area contributed by atoms with E-state index in [-0.39, 0.29) is 17.7 Å². The number of aromatic nitrogens is 1. The highest BCUT2D eigenvalue weighted by Crippen LogP contribution is 2.20. The number of nitrogens with one attached hydrogen (secondary N) is 1. The molecule has 19 heavy (non-hydrogen) atoms. The number of likely N-dealkylation sites (tertiary alicyclic amines) is 1. The van der Waals surface area contributed by atoms with Gasteiger partial charge in [-0.15, -0.1) is 0 Å². The lowest BCUT2D eigenvalue weighted by Crippen LogP contribution is -2.42. The van der Waals surface area contributed by atoms with Gasteiger partial charge in [0, 0.05) is 25.6 Å². The maximum absolute atomic E-state index is 11.9. The smallest absolute Gasteiger partial charge is 0.229 e. The number of hydrogen-bond acceptors (Lipinski definition) is 4. The zero-order valence-electron chi connectivity index (χ0n) is 11.3. The molecule has 5 heteroatoms. The van der Waals surface area contributed by atoms with Crippen LogP contribution in [0.1, 0.15) is 32.3 Å². The van der Waals surface area contributed by atoms with Crippen LogP contribution >= 0.6 is 0 Å². The Bertz CT molecular complexity index is 452. The summed E-state index contributed by atoms with van der Waals surface area (Å²) in [6, 6.07) is 3.75. The van der Waals surface area contributed by atoms with Gasteiger partial charge in [0.1, 0.15) is 5.82 Å². The Morgan fingerprint density at radius 3 is 2.53 bits per heavy atom. The molecule has 0 saturated carbocycles. The molecule has 1 N–H and O–H groups in total. The molecule has 0 aliphatic carbocycles. The summed E-state index contributed by atoms with van der Waals surface area (Å²) in [7, 11) is 0. The van der Waals surface area contributed by atoms with E-state index < -0.39 is 0 Å². The quantitative estimate of drug-likeness (QED) is 0.839. The van der Waals surface area contributed by atoms with Crippen molar-refractivity contribution in [2.75, 3.05) is 11.9 Å². The minimum atomic E-state index is -0.0838. The molecular weight excluding hydrogens is 242 g/mol. The Balaban J connectivity index is 2.03. The van der Waals surface area contributed by atoms with E-state index in [1.165, 1.54) is 4.90 Å². The number of imide groups is 1. The number of pyridine rings is 1. The maximum atomic E-state index is 11.9. The number of nitrogens with zero attached hydrogens (tertiary/aromatic N) is 2. The van der Waals surface area contributed by atoms with E-state index in [1.54, 1.807) is 6.20 Å². The molecule has 102 valence electrons. The van der Waals surface area contributed by atoms with Crippen molar-refractivity contribution in [3.05, 3.63) is 23.9 Å². The van der Waals surface area contributed by atoms with Gasteiger partial charge in [-0.2, -0.15) is 0 Å². The van der Waals surface area contributed by atoms with E-state index in [4.69, 9.17) is 0 Å². The molecule has 0 unspecified atom stereocenters. The second-order valence-corrected chi connectivity index (χ2v) is 4.97. The summed E-state index contributed by atoms with van der Waals surface area (Å²) >= 11 is 0. The molecule has 0 aromatic carbocycles. The number of carbonyl (C=O) groups excluding carboxylic acids is 2. The Morgan fingerprint density at radius 1 is 1.32 bits per heavy atom. The molecule has 5 nitrogen and oxygen atoms in total. The molecule has 0 spiro atoms. The molecule has 1 aromatic heterocycles. The first kappa shape index (κ1) is 13.5. The molecule has 1 aliphatic heterocycles. The zero-order valence-corrected chi connectivity index (χ0v) is 11.3. The number of anilines is 1. The molecule has 2 rings (SSSR count). The molecule has 1 aromatic rings. The van der Waals surface area contributed by atoms with Gasteiger partial charge in [0.2, 0.25) is 11.8 Å². The van der Waals surface area contributed by atoms with Crippen LogP contribution in [0.15, 0.2) is 18.3 Å². The second kappa shape index (κ2) is 5.82. The van der Waals surface area contributed by atoms with Crippen molar-refractivity contribution in [3.8, 4) is 0 Å². The van der Waals surface area contributed by atoms with Gasteiger partial charge in [0.25, 0.3) is 0 Å². The highest BCUT2D eigenvalue weighted by Gasteiger charge is 2.30. The van der Waals surface area contributed by atoms with Crippen molar-refractivity contribution in [1.82, 2.24) is 9.88 Å². The normalized spacial score (nSPS) is 16.8. The van der Waals surface area contributed by atoms with E-state index in [0.717, 1.165) is 17.9 Å². The van der Waals surface area contributed by atoms with E-state index >= 15 is 0 Å². The number of rotatable bonds is 4. The Kier molecular flexibility index (Phi) is 4.14. The Labute approximate surface area is 113 Å². The first-order valence-electron chi connectivity index (χ1n) is 6.62. The predicted molar refractivity (Wildman–Crippen MR) is 72.4 cm³/mol. The van der Waals surface area contributed by atoms with Crippen LogP contribution in [0.4, 0.5) is 5.82 Å². The van der Waals surface area contributed by atoms with Crippen LogP contribution in [0.2, 0.25) is 0 Å². The summed E-state index contributed by atoms with van der Waals surface area (Å²) in [5, 5.41) is 3.10. The highest BCUT2D eigenvalue weighted by atomic mass is 16.2. The monoisotopic (exact) mass is 261 g/mol. The van der Waals surface area contributed by atoms with Gasteiger partial charge in [-0.1, -0.05) is 13.0 Å². The Morgan fingerprint density at radius 2 is 2.00 bits per heavy atom. The van der Waals surface area contributed by atoms with E-state index in [9.17, 15) is 9.59 Å². The van der Waals surface area contributed by atoms with Gasteiger partial charge in [-0.3, -0.25) is 14.5 Å². The molecule has 2 heterocycles. The van der Waals surface area contributed by atoms with Crippen molar-refractivity contribution in [3.63, 3.8) is 0 Å². The van der Waals surface area contributed by atoms with Gasteiger partial charge >= 0.3 is 0 Å². The van der Waals surface area contributed by atoms with Crippen molar-refractivity contribution in [2.24, 2.45) is 5.92 Å². The van der Waals surface area contributed by atoms with Gasteiger partial charge in [0.15, 0.2) is 0 Å². The van der Waals surface area contributed by atoms with Gasteiger partial charge < -0.3 is 5.32 Å². The third-order valence-corrected chi connectivity index (χ3v) is 3.17. The molecule has 2 amide bonds. The van der Waals surface area contributed by atoms with E-state index in [0.29, 0.717) is 19.4 Å². The topological polar surface area (TPSA) is 62.3 Å². The van der Waals surface area contributed by atoms with Crippen LogP contribution < -0.4 is 5.32 Å². The second-order valence-electron chi connectivity index (χ2n) is 4.97. The lowest BCUT2D eigenvalue weighted by atomic mass is 9.97. The highest BCUT2D eigenvalue weighted by molar-refractivity contribution is 5.97. The first-order chi connectivity index (χ1) is 9.10. The van der Waals surface area contributed by atoms with Crippen molar-refractivity contribution in [2.45, 2.75) is 33.2 Å². The predicted octanol–water partition coefficient (Wildman–Crippen LogP) is 1.80. The molecule has 0 atom stereocenters. The fraction of sp³-hybridized carbons (Fsp3) is 0.500. The van der Waals surface area contributed by atoms with Crippen LogP contribution in [0.25, 0.3) is 0 Å². The summed E-state index contributed by atoms with van der Waals surface area (Å²) in [6.45, 7) is 5.07. The average Bonchev–Trinajstić information content (AvgIpc) is 2.36. The van der Waals surface area contributed by atoms with Crippen molar-refractivity contribution < 1.29 is 9.59 Å². The molecule has 0 radical (unpaired) electrons. The van der Waals surface area contributed by atoms with Crippen molar-refractivity contribution >= 4 is 17.6 Å². The number of carbonyl (C=O) groups is 2.